The number of sulfonamides is 1. The van der Waals surface area contributed by atoms with Crippen LogP contribution >= 0.6 is 11.6 Å². The van der Waals surface area contributed by atoms with Crippen molar-refractivity contribution in [2.75, 3.05) is 48.5 Å². The number of phenolic OH excluding ortho intramolecular Hbond substituents is 2. The van der Waals surface area contributed by atoms with Crippen LogP contribution in [0.5, 0.6) is 11.5 Å². The van der Waals surface area contributed by atoms with Gasteiger partial charge in [0.25, 0.3) is 27.6 Å². The summed E-state index contributed by atoms with van der Waals surface area (Å²) in [4.78, 5) is 66.3. The van der Waals surface area contributed by atoms with Crippen molar-refractivity contribution in [2.24, 2.45) is 5.41 Å². The van der Waals surface area contributed by atoms with Gasteiger partial charge in [-0.25, -0.2) is 12.7 Å². The van der Waals surface area contributed by atoms with Crippen molar-refractivity contribution in [2.45, 2.75) is 64.4 Å². The monoisotopic (exact) mass is 910 g/mol. The van der Waals surface area contributed by atoms with Crippen molar-refractivity contribution in [3.8, 4) is 11.5 Å². The fourth-order valence-electron chi connectivity index (χ4n) is 7.45. The van der Waals surface area contributed by atoms with E-state index in [0.29, 0.717) is 19.4 Å². The molecule has 0 heterocycles. The fourth-order valence-corrected chi connectivity index (χ4v) is 8.93. The Bertz CT molecular complexity index is 2970. The Hall–Kier alpha value is -6.49. The summed E-state index contributed by atoms with van der Waals surface area (Å²) in [7, 11) is -1.61. The zero-order chi connectivity index (χ0) is 46.8. The van der Waals surface area contributed by atoms with Crippen LogP contribution in [0.2, 0.25) is 5.02 Å². The summed E-state index contributed by atoms with van der Waals surface area (Å²) >= 11 is 6.14. The average molecular weight is 911 g/mol. The first kappa shape index (κ1) is 47.0. The molecule has 2 atom stereocenters. The average Bonchev–Trinajstić information content (AvgIpc) is 3.26. The number of hydrogen-bond acceptors (Lipinski definition) is 13. The van der Waals surface area contributed by atoms with Gasteiger partial charge in [0, 0.05) is 27.2 Å². The SMILES string of the molecule is CC[C@@H](Nc1c(Nc2ccc(Cl)c(S(=O)(=O)N(C)C)c2O)c(=O)c1=O)c1cccc(CCN(CC)C(=O)c2cccc(Nc3c(NC(c4ccccc4)C(C)(C)C)c(=O)c3=O)c2O)c1. The number of para-hydroxylation sites is 1. The number of rotatable bonds is 18. The summed E-state index contributed by atoms with van der Waals surface area (Å²) in [6.45, 7) is 10.3. The maximum Gasteiger partial charge on any atom is 0.257 e. The van der Waals surface area contributed by atoms with Crippen molar-refractivity contribution in [3.63, 3.8) is 0 Å². The van der Waals surface area contributed by atoms with E-state index in [1.54, 1.807) is 11.0 Å². The molecule has 6 N–H and O–H groups in total. The van der Waals surface area contributed by atoms with Crippen LogP contribution in [0.25, 0.3) is 0 Å². The highest BCUT2D eigenvalue weighted by Gasteiger charge is 2.33. The number of nitrogens with zero attached hydrogens (tertiary/aromatic N) is 2. The van der Waals surface area contributed by atoms with Gasteiger partial charge in [0.05, 0.1) is 34.0 Å². The minimum atomic E-state index is -4.17. The minimum Gasteiger partial charge on any atom is -0.505 e. The van der Waals surface area contributed by atoms with E-state index in [1.807, 2.05) is 89.2 Å². The number of likely N-dealkylation sites (N-methyl/N-ethyl adjacent to an activating group) is 1. The van der Waals surface area contributed by atoms with Crippen LogP contribution in [-0.4, -0.2) is 60.9 Å². The van der Waals surface area contributed by atoms with Crippen LogP contribution in [0, 0.1) is 5.41 Å². The number of carbonyl (C=O) groups is 1. The highest BCUT2D eigenvalue weighted by Crippen LogP contribution is 2.41. The molecule has 6 aromatic carbocycles. The maximum absolute atomic E-state index is 13.9. The highest BCUT2D eigenvalue weighted by atomic mass is 35.5. The number of halogens is 1. The standard InChI is InChI=1S/C47H51ClN6O9S/c1-8-31(49-34-35(41(58)40(34)57)51-33-22-21-30(48)44(39(33)56)64(62,63)53(6)7)28-18-13-15-26(25-28)23-24-54(9-2)46(61)29-19-14-20-32(38(29)55)50-36-37(43(60)42(36)59)52-45(47(3,4)5)27-16-11-10-12-17-27/h10-22,25,31,45,49-52,55-56H,8-9,23-24H2,1-7H3/t31-,45?/m1/s1. The lowest BCUT2D eigenvalue weighted by molar-refractivity contribution is 0.0763. The van der Waals surface area contributed by atoms with Gasteiger partial charge in [-0.05, 0) is 66.1 Å². The largest absolute Gasteiger partial charge is 0.505 e. The van der Waals surface area contributed by atoms with Crippen molar-refractivity contribution in [1.29, 1.82) is 0 Å². The summed E-state index contributed by atoms with van der Waals surface area (Å²) in [6, 6.07) is 23.4. The highest BCUT2D eigenvalue weighted by molar-refractivity contribution is 7.89. The number of benzene rings is 4. The smallest absolute Gasteiger partial charge is 0.257 e. The molecule has 0 fully saturated rings. The third-order valence-corrected chi connectivity index (χ3v) is 13.5. The van der Waals surface area contributed by atoms with Crippen LogP contribution in [-0.2, 0) is 16.4 Å². The van der Waals surface area contributed by atoms with Gasteiger partial charge in [-0.15, -0.1) is 0 Å². The number of hydrogen-bond donors (Lipinski definition) is 6. The lowest BCUT2D eigenvalue weighted by atomic mass is 9.82. The van der Waals surface area contributed by atoms with Crippen molar-refractivity contribution >= 4 is 61.7 Å². The van der Waals surface area contributed by atoms with E-state index in [4.69, 9.17) is 11.6 Å². The maximum atomic E-state index is 13.9. The van der Waals surface area contributed by atoms with Gasteiger partial charge in [0.15, 0.2) is 11.5 Å². The Labute approximate surface area is 375 Å². The zero-order valence-corrected chi connectivity index (χ0v) is 38.1. The quantitative estimate of drug-likeness (QED) is 0.0374. The second-order valence-electron chi connectivity index (χ2n) is 16.7. The Balaban J connectivity index is 1.15. The normalized spacial score (nSPS) is 12.9. The van der Waals surface area contributed by atoms with Crippen LogP contribution in [0.4, 0.5) is 34.1 Å². The molecular weight excluding hydrogens is 860 g/mol. The van der Waals surface area contributed by atoms with Crippen LogP contribution in [0.3, 0.4) is 0 Å². The molecule has 0 aromatic heterocycles. The van der Waals surface area contributed by atoms with E-state index < -0.39 is 54.3 Å². The summed E-state index contributed by atoms with van der Waals surface area (Å²) in [5, 5.41) is 34.1. The zero-order valence-electron chi connectivity index (χ0n) is 36.5. The van der Waals surface area contributed by atoms with E-state index >= 15 is 0 Å². The molecule has 0 radical (unpaired) electrons. The second kappa shape index (κ2) is 18.7. The second-order valence-corrected chi connectivity index (χ2v) is 19.2. The summed E-state index contributed by atoms with van der Waals surface area (Å²) in [6.07, 6.45) is 0.902. The summed E-state index contributed by atoms with van der Waals surface area (Å²) in [5.41, 5.74) is -0.997. The van der Waals surface area contributed by atoms with Gasteiger partial charge >= 0.3 is 0 Å². The third-order valence-electron chi connectivity index (χ3n) is 11.1. The van der Waals surface area contributed by atoms with Gasteiger partial charge < -0.3 is 36.4 Å². The molecule has 0 aliphatic heterocycles. The van der Waals surface area contributed by atoms with Crippen LogP contribution in [0.15, 0.2) is 109 Å². The lowest BCUT2D eigenvalue weighted by Gasteiger charge is -2.33. The number of carbonyl (C=O) groups excluding carboxylic acids is 1. The lowest BCUT2D eigenvalue weighted by Crippen LogP contribution is -2.39. The van der Waals surface area contributed by atoms with E-state index in [2.05, 4.69) is 21.3 Å². The van der Waals surface area contributed by atoms with Crippen molar-refractivity contribution in [1.82, 2.24) is 9.21 Å². The van der Waals surface area contributed by atoms with E-state index in [9.17, 15) is 42.6 Å². The van der Waals surface area contributed by atoms with Crippen molar-refractivity contribution in [3.05, 3.63) is 153 Å². The fraction of sp³-hybridized carbons (Fsp3) is 0.298. The molecule has 0 spiro atoms. The number of anilines is 6. The Morgan fingerprint density at radius 3 is 1.86 bits per heavy atom. The molecule has 0 bridgehead atoms. The minimum absolute atomic E-state index is 0.000720. The summed E-state index contributed by atoms with van der Waals surface area (Å²) < 4.78 is 26.6. The number of phenols is 2. The molecule has 0 saturated carbocycles. The van der Waals surface area contributed by atoms with E-state index in [1.165, 1.54) is 38.4 Å². The molecule has 1 unspecified atom stereocenters. The van der Waals surface area contributed by atoms with Gasteiger partial charge in [-0.2, -0.15) is 0 Å². The molecule has 0 aliphatic rings. The predicted octanol–water partition coefficient (Wildman–Crippen LogP) is 7.15. The molecule has 17 heteroatoms. The molecule has 6 aromatic rings. The van der Waals surface area contributed by atoms with Gasteiger partial charge in [-0.1, -0.05) is 100.0 Å². The Kier molecular flexibility index (Phi) is 13.7. The first-order valence-corrected chi connectivity index (χ1v) is 22.5. The van der Waals surface area contributed by atoms with Crippen molar-refractivity contribution < 1.29 is 23.4 Å². The van der Waals surface area contributed by atoms with Gasteiger partial charge in [0.1, 0.15) is 27.6 Å². The number of amides is 1. The Morgan fingerprint density at radius 2 is 1.28 bits per heavy atom. The predicted molar refractivity (Wildman–Crippen MR) is 252 cm³/mol. The summed E-state index contributed by atoms with van der Waals surface area (Å²) in [5.74, 6) is -1.54. The van der Waals surface area contributed by atoms with Gasteiger partial charge in [-0.3, -0.25) is 24.0 Å². The molecule has 0 saturated heterocycles. The Morgan fingerprint density at radius 1 is 0.719 bits per heavy atom. The first-order valence-electron chi connectivity index (χ1n) is 20.6. The molecule has 6 rings (SSSR count). The third kappa shape index (κ3) is 9.25. The topological polar surface area (TPSA) is 215 Å². The van der Waals surface area contributed by atoms with Crippen LogP contribution < -0.4 is 43.0 Å². The molecule has 1 amide bonds. The molecule has 336 valence electrons. The number of nitrogens with one attached hydrogen (secondary N) is 4. The van der Waals surface area contributed by atoms with Gasteiger partial charge in [0.2, 0.25) is 10.0 Å². The molecule has 0 aliphatic carbocycles. The van der Waals surface area contributed by atoms with E-state index in [0.717, 1.165) is 21.0 Å². The molecule has 64 heavy (non-hydrogen) atoms. The number of aromatic hydroxyl groups is 2. The first-order chi connectivity index (χ1) is 30.2. The molecular formula is C47H51ClN6O9S. The molecule has 15 nitrogen and oxygen atoms in total. The van der Waals surface area contributed by atoms with E-state index in [-0.39, 0.29) is 68.5 Å². The van der Waals surface area contributed by atoms with Crippen LogP contribution in [0.1, 0.15) is 80.2 Å².